The molecule has 0 spiro atoms. The SMILES string of the molecule is COc1cc(/C=C/C(=O)NCC(=O)Nc2ccc3ncccc3c2)ccc1O. The van der Waals surface area contributed by atoms with Crippen molar-refractivity contribution < 1.29 is 19.4 Å². The molecule has 0 saturated carbocycles. The third kappa shape index (κ3) is 4.85. The van der Waals surface area contributed by atoms with Crippen molar-refractivity contribution >= 4 is 34.5 Å². The molecule has 1 aromatic heterocycles. The number of methoxy groups -OCH3 is 1. The van der Waals surface area contributed by atoms with Crippen LogP contribution >= 0.6 is 0 Å². The maximum absolute atomic E-state index is 12.0. The van der Waals surface area contributed by atoms with Crippen molar-refractivity contribution in [2.75, 3.05) is 19.0 Å². The number of nitrogens with one attached hydrogen (secondary N) is 2. The Bertz CT molecular complexity index is 1050. The number of hydrogen-bond donors (Lipinski definition) is 3. The lowest BCUT2D eigenvalue weighted by molar-refractivity contribution is -0.121. The second kappa shape index (κ2) is 8.68. The molecule has 0 saturated heterocycles. The van der Waals surface area contributed by atoms with Gasteiger partial charge in [0.2, 0.25) is 11.8 Å². The number of phenolic OH excluding ortho intramolecular Hbond substituents is 1. The lowest BCUT2D eigenvalue weighted by Crippen LogP contribution is -2.31. The van der Waals surface area contributed by atoms with E-state index >= 15 is 0 Å². The standard InChI is InChI=1S/C21H19N3O4/c1-28-19-11-14(4-8-18(19)25)5-9-20(26)23-13-21(27)24-16-6-7-17-15(12-16)3-2-10-22-17/h2-12,25H,13H2,1H3,(H,23,26)(H,24,27)/b9-5+. The molecule has 0 atom stereocenters. The summed E-state index contributed by atoms with van der Waals surface area (Å²) in [6, 6.07) is 13.8. The lowest BCUT2D eigenvalue weighted by atomic mass is 10.2. The van der Waals surface area contributed by atoms with Crippen LogP contribution in [-0.4, -0.2) is 35.6 Å². The number of pyridine rings is 1. The van der Waals surface area contributed by atoms with Crippen molar-refractivity contribution in [3.05, 3.63) is 66.4 Å². The number of fused-ring (bicyclic) bond motifs is 1. The Morgan fingerprint density at radius 3 is 2.86 bits per heavy atom. The fraction of sp³-hybridized carbons (Fsp3) is 0.0952. The van der Waals surface area contributed by atoms with E-state index in [9.17, 15) is 14.7 Å². The van der Waals surface area contributed by atoms with E-state index in [0.717, 1.165) is 10.9 Å². The Kier molecular flexibility index (Phi) is 5.86. The summed E-state index contributed by atoms with van der Waals surface area (Å²) in [7, 11) is 1.44. The largest absolute Gasteiger partial charge is 0.504 e. The molecule has 28 heavy (non-hydrogen) atoms. The Hall–Kier alpha value is -3.87. The molecule has 2 amide bonds. The molecule has 1 heterocycles. The number of phenols is 1. The molecule has 0 aliphatic carbocycles. The molecule has 0 fully saturated rings. The summed E-state index contributed by atoms with van der Waals surface area (Å²) >= 11 is 0. The molecular formula is C21H19N3O4. The van der Waals surface area contributed by atoms with Crippen LogP contribution in [0.3, 0.4) is 0 Å². The van der Waals surface area contributed by atoms with E-state index in [4.69, 9.17) is 4.74 Å². The second-order valence-corrected chi connectivity index (χ2v) is 5.94. The minimum Gasteiger partial charge on any atom is -0.504 e. The number of hydrogen-bond acceptors (Lipinski definition) is 5. The van der Waals surface area contributed by atoms with Gasteiger partial charge in [-0.05, 0) is 48.0 Å². The molecule has 3 aromatic rings. The number of nitrogens with zero attached hydrogens (tertiary/aromatic N) is 1. The van der Waals surface area contributed by atoms with Crippen molar-refractivity contribution in [3.8, 4) is 11.5 Å². The maximum atomic E-state index is 12.0. The third-order valence-electron chi connectivity index (χ3n) is 3.94. The van der Waals surface area contributed by atoms with E-state index in [0.29, 0.717) is 17.0 Å². The summed E-state index contributed by atoms with van der Waals surface area (Å²) in [4.78, 5) is 28.2. The van der Waals surface area contributed by atoms with Crippen LogP contribution < -0.4 is 15.4 Å². The quantitative estimate of drug-likeness (QED) is 0.574. The fourth-order valence-corrected chi connectivity index (χ4v) is 2.55. The molecule has 3 N–H and O–H groups in total. The molecule has 0 aliphatic heterocycles. The highest BCUT2D eigenvalue weighted by molar-refractivity contribution is 5.99. The average Bonchev–Trinajstić information content (AvgIpc) is 2.71. The minimum absolute atomic E-state index is 0.0187. The van der Waals surface area contributed by atoms with E-state index in [1.54, 1.807) is 30.5 Å². The van der Waals surface area contributed by atoms with Gasteiger partial charge in [-0.1, -0.05) is 12.1 Å². The number of aromatic nitrogens is 1. The smallest absolute Gasteiger partial charge is 0.244 e. The van der Waals surface area contributed by atoms with Gasteiger partial charge in [-0.15, -0.1) is 0 Å². The Morgan fingerprint density at radius 2 is 2.04 bits per heavy atom. The van der Waals surface area contributed by atoms with Gasteiger partial charge in [0.05, 0.1) is 19.2 Å². The summed E-state index contributed by atoms with van der Waals surface area (Å²) in [6.07, 6.45) is 4.57. The first-order valence-electron chi connectivity index (χ1n) is 8.53. The number of benzene rings is 2. The van der Waals surface area contributed by atoms with Gasteiger partial charge in [0.15, 0.2) is 11.5 Å². The monoisotopic (exact) mass is 377 g/mol. The van der Waals surface area contributed by atoms with Crippen LogP contribution in [0.5, 0.6) is 11.5 Å². The van der Waals surface area contributed by atoms with Gasteiger partial charge in [0, 0.05) is 23.3 Å². The number of rotatable bonds is 6. The lowest BCUT2D eigenvalue weighted by Gasteiger charge is -2.07. The van der Waals surface area contributed by atoms with Gasteiger partial charge in [0.25, 0.3) is 0 Å². The van der Waals surface area contributed by atoms with Crippen LogP contribution in [0.25, 0.3) is 17.0 Å². The molecular weight excluding hydrogens is 358 g/mol. The first-order valence-corrected chi connectivity index (χ1v) is 8.53. The maximum Gasteiger partial charge on any atom is 0.244 e. The second-order valence-electron chi connectivity index (χ2n) is 5.94. The molecule has 142 valence electrons. The highest BCUT2D eigenvalue weighted by atomic mass is 16.5. The van der Waals surface area contributed by atoms with E-state index in [-0.39, 0.29) is 18.2 Å². The molecule has 0 radical (unpaired) electrons. The summed E-state index contributed by atoms with van der Waals surface area (Å²) in [6.45, 7) is -0.160. The van der Waals surface area contributed by atoms with Gasteiger partial charge < -0.3 is 20.5 Å². The van der Waals surface area contributed by atoms with Crippen molar-refractivity contribution in [1.29, 1.82) is 0 Å². The van der Waals surface area contributed by atoms with Gasteiger partial charge in [-0.25, -0.2) is 0 Å². The minimum atomic E-state index is -0.412. The van der Waals surface area contributed by atoms with Gasteiger partial charge in [-0.2, -0.15) is 0 Å². The first kappa shape index (κ1) is 18.9. The number of anilines is 1. The summed E-state index contributed by atoms with van der Waals surface area (Å²) in [5.41, 5.74) is 2.15. The van der Waals surface area contributed by atoms with Crippen LogP contribution in [-0.2, 0) is 9.59 Å². The Balaban J connectivity index is 1.52. The van der Waals surface area contributed by atoms with Crippen LogP contribution in [0, 0.1) is 0 Å². The zero-order valence-corrected chi connectivity index (χ0v) is 15.2. The van der Waals surface area contributed by atoms with Crippen molar-refractivity contribution in [2.24, 2.45) is 0 Å². The zero-order valence-electron chi connectivity index (χ0n) is 15.2. The number of aromatic hydroxyl groups is 1. The number of carbonyl (C=O) groups is 2. The average molecular weight is 377 g/mol. The zero-order chi connectivity index (χ0) is 19.9. The van der Waals surface area contributed by atoms with Gasteiger partial charge in [-0.3, -0.25) is 14.6 Å². The molecule has 0 bridgehead atoms. The van der Waals surface area contributed by atoms with E-state index < -0.39 is 5.91 Å². The van der Waals surface area contributed by atoms with Crippen LogP contribution in [0.1, 0.15) is 5.56 Å². The summed E-state index contributed by atoms with van der Waals surface area (Å²) < 4.78 is 5.01. The number of amides is 2. The van der Waals surface area contributed by atoms with Crippen molar-refractivity contribution in [1.82, 2.24) is 10.3 Å². The first-order chi connectivity index (χ1) is 13.5. The van der Waals surface area contributed by atoms with Gasteiger partial charge in [0.1, 0.15) is 0 Å². The van der Waals surface area contributed by atoms with Crippen LogP contribution in [0.15, 0.2) is 60.8 Å². The predicted molar refractivity (Wildman–Crippen MR) is 107 cm³/mol. The summed E-state index contributed by atoms with van der Waals surface area (Å²) in [5, 5.41) is 15.7. The van der Waals surface area contributed by atoms with Crippen LogP contribution in [0.2, 0.25) is 0 Å². The van der Waals surface area contributed by atoms with Gasteiger partial charge >= 0.3 is 0 Å². The molecule has 7 nitrogen and oxygen atoms in total. The number of carbonyl (C=O) groups excluding carboxylic acids is 2. The topological polar surface area (TPSA) is 101 Å². The molecule has 2 aromatic carbocycles. The highest BCUT2D eigenvalue weighted by Crippen LogP contribution is 2.26. The van der Waals surface area contributed by atoms with E-state index in [2.05, 4.69) is 15.6 Å². The van der Waals surface area contributed by atoms with Crippen molar-refractivity contribution in [3.63, 3.8) is 0 Å². The number of ether oxygens (including phenoxy) is 1. The fourth-order valence-electron chi connectivity index (χ4n) is 2.55. The van der Waals surface area contributed by atoms with E-state index in [1.165, 1.54) is 19.3 Å². The highest BCUT2D eigenvalue weighted by Gasteiger charge is 2.05. The molecule has 0 unspecified atom stereocenters. The third-order valence-corrected chi connectivity index (χ3v) is 3.94. The van der Waals surface area contributed by atoms with Crippen molar-refractivity contribution in [2.45, 2.75) is 0 Å². The predicted octanol–water partition coefficient (Wildman–Crippen LogP) is 2.72. The van der Waals surface area contributed by atoms with E-state index in [1.807, 2.05) is 24.3 Å². The Labute approximate surface area is 161 Å². The molecule has 0 aliphatic rings. The van der Waals surface area contributed by atoms with Crippen LogP contribution in [0.4, 0.5) is 5.69 Å². The normalized spacial score (nSPS) is 10.8. The summed E-state index contributed by atoms with van der Waals surface area (Å²) in [5.74, 6) is -0.418. The molecule has 3 rings (SSSR count). The molecule has 7 heteroatoms. The Morgan fingerprint density at radius 1 is 1.18 bits per heavy atom.